The lowest BCUT2D eigenvalue weighted by Crippen LogP contribution is -2.49. The molecule has 4 rings (SSSR count). The van der Waals surface area contributed by atoms with Crippen LogP contribution < -0.4 is 5.32 Å². The molecule has 1 amide bonds. The van der Waals surface area contributed by atoms with Crippen molar-refractivity contribution in [1.82, 2.24) is 10.2 Å². The topological polar surface area (TPSA) is 45.5 Å². The molecule has 2 atom stereocenters. The molecule has 1 aromatic heterocycles. The Balaban J connectivity index is 1.62. The van der Waals surface area contributed by atoms with E-state index in [1.807, 2.05) is 48.2 Å². The third kappa shape index (κ3) is 3.10. The summed E-state index contributed by atoms with van der Waals surface area (Å²) in [6.07, 6.45) is 0. The van der Waals surface area contributed by atoms with Crippen LogP contribution in [0.15, 0.2) is 59.0 Å². The van der Waals surface area contributed by atoms with Gasteiger partial charge in [0.2, 0.25) is 5.91 Å². The lowest BCUT2D eigenvalue weighted by molar-refractivity contribution is -0.136. The van der Waals surface area contributed by atoms with Gasteiger partial charge < -0.3 is 14.6 Å². The number of rotatable bonds is 3. The monoisotopic (exact) mass is 352 g/mol. The summed E-state index contributed by atoms with van der Waals surface area (Å²) in [6, 6.07) is 16.0. The van der Waals surface area contributed by atoms with Gasteiger partial charge in [-0.15, -0.1) is 0 Å². The van der Waals surface area contributed by atoms with E-state index in [1.54, 1.807) is 6.07 Å². The Kier molecular flexibility index (Phi) is 4.47. The number of furan rings is 1. The Morgan fingerprint density at radius 2 is 2.08 bits per heavy atom. The molecule has 1 saturated heterocycles. The van der Waals surface area contributed by atoms with E-state index in [2.05, 4.69) is 5.32 Å². The predicted octanol–water partition coefficient (Wildman–Crippen LogP) is 3.85. The van der Waals surface area contributed by atoms with Crippen LogP contribution in [0.2, 0.25) is 0 Å². The van der Waals surface area contributed by atoms with Gasteiger partial charge in [-0.3, -0.25) is 4.79 Å². The van der Waals surface area contributed by atoms with Crippen LogP contribution in [0.1, 0.15) is 30.2 Å². The molecule has 1 fully saturated rings. The van der Waals surface area contributed by atoms with Crippen molar-refractivity contribution in [3.05, 3.63) is 71.7 Å². The Morgan fingerprint density at radius 3 is 2.88 bits per heavy atom. The molecule has 134 valence electrons. The number of carbonyl (C=O) groups is 1. The van der Waals surface area contributed by atoms with Crippen molar-refractivity contribution < 1.29 is 13.6 Å². The van der Waals surface area contributed by atoms with Crippen LogP contribution in [0, 0.1) is 5.82 Å². The minimum absolute atomic E-state index is 0.000169. The molecule has 1 N–H and O–H groups in total. The standard InChI is InChI=1S/C21H21FN2O2/c1-14(20-12-16-5-2-3-8-19(16)26-20)21(25)24-10-9-23-13-18(24)15-6-4-7-17(22)11-15/h2-8,11-12,14,18,23H,9-10,13H2,1H3. The summed E-state index contributed by atoms with van der Waals surface area (Å²) in [5.41, 5.74) is 1.59. The highest BCUT2D eigenvalue weighted by molar-refractivity contribution is 5.86. The Hall–Kier alpha value is -2.66. The molecule has 0 radical (unpaired) electrons. The smallest absolute Gasteiger partial charge is 0.233 e. The highest BCUT2D eigenvalue weighted by atomic mass is 19.1. The van der Waals surface area contributed by atoms with Gasteiger partial charge >= 0.3 is 0 Å². The maximum Gasteiger partial charge on any atom is 0.233 e. The third-order valence-electron chi connectivity index (χ3n) is 5.00. The molecular formula is C21H21FN2O2. The second-order valence-corrected chi connectivity index (χ2v) is 6.71. The molecule has 26 heavy (non-hydrogen) atoms. The van der Waals surface area contributed by atoms with Gasteiger partial charge in [0.25, 0.3) is 0 Å². The first-order valence-corrected chi connectivity index (χ1v) is 8.88. The van der Waals surface area contributed by atoms with Crippen LogP contribution in [0.4, 0.5) is 4.39 Å². The van der Waals surface area contributed by atoms with Crippen molar-refractivity contribution in [1.29, 1.82) is 0 Å². The number of piperazine rings is 1. The van der Waals surface area contributed by atoms with Gasteiger partial charge in [-0.1, -0.05) is 30.3 Å². The first-order valence-electron chi connectivity index (χ1n) is 8.88. The summed E-state index contributed by atoms with van der Waals surface area (Å²) in [5.74, 6) is -0.0186. The van der Waals surface area contributed by atoms with Crippen molar-refractivity contribution in [2.45, 2.75) is 18.9 Å². The van der Waals surface area contributed by atoms with Crippen molar-refractivity contribution in [2.24, 2.45) is 0 Å². The molecule has 4 nitrogen and oxygen atoms in total. The zero-order valence-corrected chi connectivity index (χ0v) is 14.6. The lowest BCUT2D eigenvalue weighted by Gasteiger charge is -2.37. The van der Waals surface area contributed by atoms with Gasteiger partial charge in [-0.25, -0.2) is 4.39 Å². The fraction of sp³-hybridized carbons (Fsp3) is 0.286. The van der Waals surface area contributed by atoms with Gasteiger partial charge in [0.05, 0.1) is 12.0 Å². The molecule has 2 aromatic carbocycles. The molecule has 5 heteroatoms. The summed E-state index contributed by atoms with van der Waals surface area (Å²) in [5, 5.41) is 4.29. The fourth-order valence-corrected chi connectivity index (χ4v) is 3.57. The van der Waals surface area contributed by atoms with E-state index in [1.165, 1.54) is 12.1 Å². The largest absolute Gasteiger partial charge is 0.460 e. The first kappa shape index (κ1) is 16.8. The van der Waals surface area contributed by atoms with Gasteiger partial charge in [-0.2, -0.15) is 0 Å². The summed E-state index contributed by atoms with van der Waals surface area (Å²) in [7, 11) is 0. The van der Waals surface area contributed by atoms with Crippen molar-refractivity contribution in [2.75, 3.05) is 19.6 Å². The van der Waals surface area contributed by atoms with Gasteiger partial charge in [0.1, 0.15) is 17.2 Å². The summed E-state index contributed by atoms with van der Waals surface area (Å²) >= 11 is 0. The van der Waals surface area contributed by atoms with Crippen LogP contribution in [0.3, 0.4) is 0 Å². The number of carbonyl (C=O) groups excluding carboxylic acids is 1. The molecule has 1 aliphatic heterocycles. The summed E-state index contributed by atoms with van der Waals surface area (Å²) < 4.78 is 19.5. The SMILES string of the molecule is CC(C(=O)N1CCNCC1c1cccc(F)c1)c1cc2ccccc2o1. The third-order valence-corrected chi connectivity index (χ3v) is 5.00. The molecule has 1 aliphatic rings. The summed E-state index contributed by atoms with van der Waals surface area (Å²) in [4.78, 5) is 15.0. The maximum atomic E-state index is 13.7. The number of benzene rings is 2. The normalized spacial score (nSPS) is 18.8. The molecule has 2 heterocycles. The molecule has 2 unspecified atom stereocenters. The summed E-state index contributed by atoms with van der Waals surface area (Å²) in [6.45, 7) is 3.79. The van der Waals surface area contributed by atoms with Crippen LogP contribution in [0.25, 0.3) is 11.0 Å². The van der Waals surface area contributed by atoms with Gasteiger partial charge in [0, 0.05) is 25.0 Å². The van der Waals surface area contributed by atoms with E-state index in [4.69, 9.17) is 4.42 Å². The average molecular weight is 352 g/mol. The van der Waals surface area contributed by atoms with Crippen molar-refractivity contribution >= 4 is 16.9 Å². The van der Waals surface area contributed by atoms with E-state index in [0.717, 1.165) is 23.1 Å². The van der Waals surface area contributed by atoms with Crippen LogP contribution in [-0.4, -0.2) is 30.4 Å². The maximum absolute atomic E-state index is 13.7. The number of para-hydroxylation sites is 1. The first-order chi connectivity index (χ1) is 12.6. The van der Waals surface area contributed by atoms with E-state index in [9.17, 15) is 9.18 Å². The Morgan fingerprint density at radius 1 is 1.23 bits per heavy atom. The minimum atomic E-state index is -0.392. The Labute approximate surface area is 151 Å². The van der Waals surface area contributed by atoms with E-state index in [-0.39, 0.29) is 17.8 Å². The van der Waals surface area contributed by atoms with Gasteiger partial charge in [-0.05, 0) is 36.8 Å². The molecule has 0 saturated carbocycles. The number of fused-ring (bicyclic) bond motifs is 1. The number of hydrogen-bond acceptors (Lipinski definition) is 3. The quantitative estimate of drug-likeness (QED) is 0.779. The predicted molar refractivity (Wildman–Crippen MR) is 98.4 cm³/mol. The van der Waals surface area contributed by atoms with Crippen LogP contribution >= 0.6 is 0 Å². The molecule has 0 bridgehead atoms. The van der Waals surface area contributed by atoms with Crippen LogP contribution in [0.5, 0.6) is 0 Å². The number of hydrogen-bond donors (Lipinski definition) is 1. The zero-order chi connectivity index (χ0) is 18.1. The number of nitrogens with one attached hydrogen (secondary N) is 1. The second kappa shape index (κ2) is 6.92. The fourth-order valence-electron chi connectivity index (χ4n) is 3.57. The van der Waals surface area contributed by atoms with Gasteiger partial charge in [0.15, 0.2) is 0 Å². The number of nitrogens with zero attached hydrogens (tertiary/aromatic N) is 1. The van der Waals surface area contributed by atoms with E-state index >= 15 is 0 Å². The van der Waals surface area contributed by atoms with Crippen molar-refractivity contribution in [3.63, 3.8) is 0 Å². The number of amides is 1. The van der Waals surface area contributed by atoms with E-state index < -0.39 is 5.92 Å². The van der Waals surface area contributed by atoms with E-state index in [0.29, 0.717) is 18.8 Å². The Bertz CT molecular complexity index is 903. The molecular weight excluding hydrogens is 331 g/mol. The lowest BCUT2D eigenvalue weighted by atomic mass is 9.99. The molecule has 0 spiro atoms. The molecule has 3 aromatic rings. The minimum Gasteiger partial charge on any atom is -0.460 e. The highest BCUT2D eigenvalue weighted by Gasteiger charge is 2.32. The average Bonchev–Trinajstić information content (AvgIpc) is 3.11. The van der Waals surface area contributed by atoms with Crippen molar-refractivity contribution in [3.8, 4) is 0 Å². The van der Waals surface area contributed by atoms with Crippen LogP contribution in [-0.2, 0) is 4.79 Å². The number of halogens is 1. The zero-order valence-electron chi connectivity index (χ0n) is 14.6. The highest BCUT2D eigenvalue weighted by Crippen LogP contribution is 2.30. The molecule has 0 aliphatic carbocycles. The second-order valence-electron chi connectivity index (χ2n) is 6.71.